The molecule has 2 rings (SSSR count). The molecule has 1 aliphatic rings. The number of hydrogen-bond acceptors (Lipinski definition) is 4. The summed E-state index contributed by atoms with van der Waals surface area (Å²) in [6.07, 6.45) is 1.55. The summed E-state index contributed by atoms with van der Waals surface area (Å²) in [7, 11) is 1.83. The van der Waals surface area contributed by atoms with Gasteiger partial charge in [-0.25, -0.2) is 0 Å². The largest absolute Gasteiger partial charge is 0.373 e. The third-order valence-electron chi connectivity index (χ3n) is 3.49. The molecule has 0 aromatic carbocycles. The Bertz CT molecular complexity index is 443. The lowest BCUT2D eigenvalue weighted by atomic mass is 10.1. The Morgan fingerprint density at radius 1 is 1.67 bits per heavy atom. The highest BCUT2D eigenvalue weighted by atomic mass is 16.5. The third-order valence-corrected chi connectivity index (χ3v) is 3.49. The van der Waals surface area contributed by atoms with Gasteiger partial charge in [-0.3, -0.25) is 9.48 Å². The van der Waals surface area contributed by atoms with Crippen LogP contribution in [0.5, 0.6) is 0 Å². The van der Waals surface area contributed by atoms with Gasteiger partial charge in [-0.2, -0.15) is 5.10 Å². The van der Waals surface area contributed by atoms with E-state index in [1.807, 2.05) is 25.8 Å². The first-order valence-electron chi connectivity index (χ1n) is 6.15. The summed E-state index contributed by atoms with van der Waals surface area (Å²) in [5.41, 5.74) is 7.14. The number of ether oxygens (including phenoxy) is 1. The Morgan fingerprint density at radius 3 is 2.94 bits per heavy atom. The first-order valence-corrected chi connectivity index (χ1v) is 6.15. The van der Waals surface area contributed by atoms with E-state index < -0.39 is 0 Å². The molecule has 2 N–H and O–H groups in total. The number of carbonyl (C=O) groups excluding carboxylic acids is 1. The molecule has 0 bridgehead atoms. The number of morpholine rings is 1. The zero-order valence-electron chi connectivity index (χ0n) is 11.1. The summed E-state index contributed by atoms with van der Waals surface area (Å²) in [5, 5.41) is 4.11. The van der Waals surface area contributed by atoms with Crippen molar-refractivity contribution in [2.75, 3.05) is 19.7 Å². The highest BCUT2D eigenvalue weighted by Crippen LogP contribution is 2.17. The molecule has 1 saturated heterocycles. The molecule has 2 atom stereocenters. The molecular formula is C12H20N4O2. The number of rotatable bonds is 2. The Kier molecular flexibility index (Phi) is 3.68. The minimum absolute atomic E-state index is 0.00912. The Labute approximate surface area is 107 Å². The summed E-state index contributed by atoms with van der Waals surface area (Å²) in [6, 6.07) is 0.0694. The summed E-state index contributed by atoms with van der Waals surface area (Å²) in [6.45, 7) is 5.39. The fourth-order valence-electron chi connectivity index (χ4n) is 2.11. The van der Waals surface area contributed by atoms with E-state index in [0.717, 1.165) is 5.69 Å². The second-order valence-corrected chi connectivity index (χ2v) is 4.76. The topological polar surface area (TPSA) is 73.4 Å². The average Bonchev–Trinajstić information content (AvgIpc) is 2.70. The van der Waals surface area contributed by atoms with Crippen molar-refractivity contribution in [1.29, 1.82) is 0 Å². The van der Waals surface area contributed by atoms with E-state index in [-0.39, 0.29) is 18.1 Å². The highest BCUT2D eigenvalue weighted by molar-refractivity contribution is 5.95. The molecule has 0 saturated carbocycles. The lowest BCUT2D eigenvalue weighted by molar-refractivity contribution is -0.0426. The number of amides is 1. The predicted molar refractivity (Wildman–Crippen MR) is 67.2 cm³/mol. The quantitative estimate of drug-likeness (QED) is 0.799. The van der Waals surface area contributed by atoms with Crippen LogP contribution in [0, 0.1) is 6.92 Å². The van der Waals surface area contributed by atoms with Gasteiger partial charge in [-0.05, 0) is 13.8 Å². The van der Waals surface area contributed by atoms with Crippen LogP contribution >= 0.6 is 0 Å². The second-order valence-electron chi connectivity index (χ2n) is 4.76. The van der Waals surface area contributed by atoms with Crippen LogP contribution < -0.4 is 5.73 Å². The molecule has 1 aromatic rings. The van der Waals surface area contributed by atoms with Gasteiger partial charge in [0, 0.05) is 25.8 Å². The van der Waals surface area contributed by atoms with Crippen molar-refractivity contribution in [3.63, 3.8) is 0 Å². The zero-order valence-corrected chi connectivity index (χ0v) is 11.1. The van der Waals surface area contributed by atoms with Gasteiger partial charge in [-0.15, -0.1) is 0 Å². The number of aromatic nitrogens is 2. The van der Waals surface area contributed by atoms with Crippen molar-refractivity contribution in [2.45, 2.75) is 26.0 Å². The molecular weight excluding hydrogens is 232 g/mol. The van der Waals surface area contributed by atoms with E-state index in [4.69, 9.17) is 10.5 Å². The molecule has 0 radical (unpaired) electrons. The van der Waals surface area contributed by atoms with Gasteiger partial charge >= 0.3 is 0 Å². The summed E-state index contributed by atoms with van der Waals surface area (Å²) < 4.78 is 7.26. The standard InChI is InChI=1S/C12H20N4O2/c1-8-7-18-10(4-13)6-16(8)12(17)11-5-14-15(3)9(11)2/h5,8,10H,4,6-7,13H2,1-3H3. The van der Waals surface area contributed by atoms with E-state index in [2.05, 4.69) is 5.10 Å². The highest BCUT2D eigenvalue weighted by Gasteiger charge is 2.30. The van der Waals surface area contributed by atoms with Gasteiger partial charge in [0.25, 0.3) is 5.91 Å². The maximum absolute atomic E-state index is 12.5. The van der Waals surface area contributed by atoms with Gasteiger partial charge in [0.15, 0.2) is 0 Å². The monoisotopic (exact) mass is 252 g/mol. The van der Waals surface area contributed by atoms with Gasteiger partial charge in [0.2, 0.25) is 0 Å². The van der Waals surface area contributed by atoms with Gasteiger partial charge in [0.1, 0.15) is 0 Å². The van der Waals surface area contributed by atoms with Crippen molar-refractivity contribution in [3.05, 3.63) is 17.5 Å². The molecule has 100 valence electrons. The molecule has 0 spiro atoms. The van der Waals surface area contributed by atoms with E-state index in [1.165, 1.54) is 0 Å². The van der Waals surface area contributed by atoms with Crippen molar-refractivity contribution < 1.29 is 9.53 Å². The third kappa shape index (κ3) is 2.26. The Balaban J connectivity index is 2.19. The van der Waals surface area contributed by atoms with E-state index in [0.29, 0.717) is 25.3 Å². The Hall–Kier alpha value is -1.40. The molecule has 1 aliphatic heterocycles. The zero-order chi connectivity index (χ0) is 13.3. The van der Waals surface area contributed by atoms with Gasteiger partial charge in [0.05, 0.1) is 30.5 Å². The predicted octanol–water partition coefficient (Wildman–Crippen LogP) is -0.0833. The van der Waals surface area contributed by atoms with Crippen molar-refractivity contribution in [2.24, 2.45) is 12.8 Å². The lowest BCUT2D eigenvalue weighted by Crippen LogP contribution is -2.53. The molecule has 18 heavy (non-hydrogen) atoms. The van der Waals surface area contributed by atoms with Crippen LogP contribution in [-0.2, 0) is 11.8 Å². The second kappa shape index (κ2) is 5.07. The normalized spacial score (nSPS) is 24.3. The smallest absolute Gasteiger partial charge is 0.257 e. The maximum atomic E-state index is 12.5. The fraction of sp³-hybridized carbons (Fsp3) is 0.667. The average molecular weight is 252 g/mol. The molecule has 6 heteroatoms. The number of carbonyl (C=O) groups is 1. The van der Waals surface area contributed by atoms with Crippen LogP contribution in [0.2, 0.25) is 0 Å². The molecule has 1 aromatic heterocycles. The summed E-state index contributed by atoms with van der Waals surface area (Å²) >= 11 is 0. The molecule has 1 fully saturated rings. The van der Waals surface area contributed by atoms with Crippen LogP contribution in [0.15, 0.2) is 6.20 Å². The number of nitrogens with zero attached hydrogens (tertiary/aromatic N) is 3. The molecule has 1 amide bonds. The number of nitrogens with two attached hydrogens (primary N) is 1. The van der Waals surface area contributed by atoms with Gasteiger partial charge in [-0.1, -0.05) is 0 Å². The lowest BCUT2D eigenvalue weighted by Gasteiger charge is -2.37. The minimum Gasteiger partial charge on any atom is -0.373 e. The SMILES string of the molecule is Cc1c(C(=O)N2CC(CN)OCC2C)cnn1C. The van der Waals surface area contributed by atoms with Crippen LogP contribution in [0.25, 0.3) is 0 Å². The van der Waals surface area contributed by atoms with Crippen LogP contribution in [0.3, 0.4) is 0 Å². The maximum Gasteiger partial charge on any atom is 0.257 e. The van der Waals surface area contributed by atoms with Crippen molar-refractivity contribution >= 4 is 5.91 Å². The Morgan fingerprint density at radius 2 is 2.39 bits per heavy atom. The summed E-state index contributed by atoms with van der Waals surface area (Å²) in [5.74, 6) is 0.00912. The van der Waals surface area contributed by atoms with Crippen LogP contribution in [-0.4, -0.2) is 52.4 Å². The molecule has 6 nitrogen and oxygen atoms in total. The van der Waals surface area contributed by atoms with Crippen molar-refractivity contribution in [3.8, 4) is 0 Å². The minimum atomic E-state index is -0.0675. The van der Waals surface area contributed by atoms with Crippen molar-refractivity contribution in [1.82, 2.24) is 14.7 Å². The van der Waals surface area contributed by atoms with E-state index in [1.54, 1.807) is 10.9 Å². The molecule has 2 unspecified atom stereocenters. The number of hydrogen-bond donors (Lipinski definition) is 1. The van der Waals surface area contributed by atoms with Crippen LogP contribution in [0.4, 0.5) is 0 Å². The summed E-state index contributed by atoms with van der Waals surface area (Å²) in [4.78, 5) is 14.3. The molecule has 2 heterocycles. The first kappa shape index (κ1) is 13.0. The van der Waals surface area contributed by atoms with Crippen LogP contribution in [0.1, 0.15) is 23.0 Å². The molecule has 0 aliphatic carbocycles. The van der Waals surface area contributed by atoms with E-state index in [9.17, 15) is 4.79 Å². The fourth-order valence-corrected chi connectivity index (χ4v) is 2.11. The van der Waals surface area contributed by atoms with Gasteiger partial charge < -0.3 is 15.4 Å². The number of aryl methyl sites for hydroxylation is 1. The first-order chi connectivity index (χ1) is 8.54. The van der Waals surface area contributed by atoms with E-state index >= 15 is 0 Å².